The Hall–Kier alpha value is -0.780. The zero-order valence-corrected chi connectivity index (χ0v) is 12.4. The zero-order chi connectivity index (χ0) is 13.4. The first-order valence-electron chi connectivity index (χ1n) is 5.44. The maximum Gasteiger partial charge on any atom is 0.255 e. The Morgan fingerprint density at radius 1 is 1.44 bits per heavy atom. The number of methoxy groups -OCH3 is 1. The number of hydrogen-bond acceptors (Lipinski definition) is 3. The van der Waals surface area contributed by atoms with Gasteiger partial charge in [-0.05, 0) is 18.2 Å². The molecule has 0 radical (unpaired) electrons. The molecule has 0 spiro atoms. The van der Waals surface area contributed by atoms with Gasteiger partial charge in [0.05, 0.1) is 25.9 Å². The van der Waals surface area contributed by atoms with Gasteiger partial charge in [0, 0.05) is 16.9 Å². The minimum absolute atomic E-state index is 0.186. The average Bonchev–Trinajstić information content (AvgIpc) is 2.38. The largest absolute Gasteiger partial charge is 0.496 e. The van der Waals surface area contributed by atoms with Crippen LogP contribution in [0.25, 0.3) is 0 Å². The second kappa shape index (κ2) is 8.34. The minimum Gasteiger partial charge on any atom is -0.496 e. The van der Waals surface area contributed by atoms with Crippen LogP contribution in [0.5, 0.6) is 5.75 Å². The molecule has 1 rings (SSSR count). The molecular formula is C12H15BrClNO3. The van der Waals surface area contributed by atoms with Crippen molar-refractivity contribution in [2.75, 3.05) is 32.7 Å². The van der Waals surface area contributed by atoms with Gasteiger partial charge in [-0.3, -0.25) is 4.79 Å². The van der Waals surface area contributed by atoms with Gasteiger partial charge in [0.15, 0.2) is 0 Å². The van der Waals surface area contributed by atoms with Crippen LogP contribution in [0.2, 0.25) is 0 Å². The lowest BCUT2D eigenvalue weighted by Crippen LogP contribution is -2.27. The Morgan fingerprint density at radius 2 is 2.22 bits per heavy atom. The van der Waals surface area contributed by atoms with Gasteiger partial charge in [-0.15, -0.1) is 11.6 Å². The van der Waals surface area contributed by atoms with Gasteiger partial charge in [0.25, 0.3) is 5.91 Å². The molecule has 0 atom stereocenters. The van der Waals surface area contributed by atoms with E-state index in [0.717, 1.165) is 4.47 Å². The first kappa shape index (κ1) is 15.3. The lowest BCUT2D eigenvalue weighted by atomic mass is 10.2. The molecule has 0 aliphatic carbocycles. The molecule has 1 aromatic carbocycles. The number of amides is 1. The summed E-state index contributed by atoms with van der Waals surface area (Å²) in [7, 11) is 1.53. The van der Waals surface area contributed by atoms with Crippen molar-refractivity contribution in [3.63, 3.8) is 0 Å². The van der Waals surface area contributed by atoms with Crippen molar-refractivity contribution in [1.82, 2.24) is 5.32 Å². The molecule has 4 nitrogen and oxygen atoms in total. The van der Waals surface area contributed by atoms with Crippen LogP contribution in [-0.4, -0.2) is 38.7 Å². The predicted octanol–water partition coefficient (Wildman–Crippen LogP) is 2.44. The molecule has 0 bridgehead atoms. The van der Waals surface area contributed by atoms with Crippen molar-refractivity contribution in [2.45, 2.75) is 0 Å². The maximum absolute atomic E-state index is 11.9. The fraction of sp³-hybridized carbons (Fsp3) is 0.417. The summed E-state index contributed by atoms with van der Waals surface area (Å²) in [4.78, 5) is 11.9. The second-order valence-corrected chi connectivity index (χ2v) is 4.70. The van der Waals surface area contributed by atoms with E-state index in [1.165, 1.54) is 7.11 Å². The standard InChI is InChI=1S/C12H15BrClNO3/c1-17-11-8-9(13)2-3-10(11)12(16)15-5-7-18-6-4-14/h2-3,8H,4-7H2,1H3,(H,15,16). The van der Waals surface area contributed by atoms with Crippen molar-refractivity contribution < 1.29 is 14.3 Å². The van der Waals surface area contributed by atoms with E-state index in [4.69, 9.17) is 21.1 Å². The Labute approximate surface area is 120 Å². The van der Waals surface area contributed by atoms with E-state index in [2.05, 4.69) is 21.2 Å². The van der Waals surface area contributed by atoms with E-state index < -0.39 is 0 Å². The molecule has 18 heavy (non-hydrogen) atoms. The molecule has 0 fully saturated rings. The summed E-state index contributed by atoms with van der Waals surface area (Å²) in [5.41, 5.74) is 0.498. The SMILES string of the molecule is COc1cc(Br)ccc1C(=O)NCCOCCCl. The van der Waals surface area contributed by atoms with Crippen molar-refractivity contribution in [3.05, 3.63) is 28.2 Å². The predicted molar refractivity (Wildman–Crippen MR) is 74.6 cm³/mol. The van der Waals surface area contributed by atoms with Gasteiger partial charge in [-0.25, -0.2) is 0 Å². The van der Waals surface area contributed by atoms with Gasteiger partial charge < -0.3 is 14.8 Å². The smallest absolute Gasteiger partial charge is 0.255 e. The molecule has 1 N–H and O–H groups in total. The summed E-state index contributed by atoms with van der Waals surface area (Å²) in [5, 5.41) is 2.75. The number of hydrogen-bond donors (Lipinski definition) is 1. The van der Waals surface area contributed by atoms with Crippen LogP contribution in [0.3, 0.4) is 0 Å². The molecule has 0 saturated heterocycles. The highest BCUT2D eigenvalue weighted by Crippen LogP contribution is 2.23. The van der Waals surface area contributed by atoms with Crippen LogP contribution in [0, 0.1) is 0 Å². The van der Waals surface area contributed by atoms with Gasteiger partial charge >= 0.3 is 0 Å². The molecule has 6 heteroatoms. The maximum atomic E-state index is 11.9. The highest BCUT2D eigenvalue weighted by Gasteiger charge is 2.11. The lowest BCUT2D eigenvalue weighted by Gasteiger charge is -2.09. The number of halogens is 2. The Balaban J connectivity index is 2.51. The highest BCUT2D eigenvalue weighted by molar-refractivity contribution is 9.10. The first-order chi connectivity index (χ1) is 8.69. The fourth-order valence-corrected chi connectivity index (χ4v) is 1.79. The van der Waals surface area contributed by atoms with Crippen LogP contribution in [0.1, 0.15) is 10.4 Å². The van der Waals surface area contributed by atoms with E-state index in [9.17, 15) is 4.79 Å². The van der Waals surface area contributed by atoms with Gasteiger partial charge in [-0.2, -0.15) is 0 Å². The van der Waals surface area contributed by atoms with Gasteiger partial charge in [0.2, 0.25) is 0 Å². The number of alkyl halides is 1. The second-order valence-electron chi connectivity index (χ2n) is 3.40. The van der Waals surface area contributed by atoms with Gasteiger partial charge in [0.1, 0.15) is 5.75 Å². The normalized spacial score (nSPS) is 10.2. The number of nitrogens with one attached hydrogen (secondary N) is 1. The van der Waals surface area contributed by atoms with Crippen LogP contribution < -0.4 is 10.1 Å². The highest BCUT2D eigenvalue weighted by atomic mass is 79.9. The third-order valence-electron chi connectivity index (χ3n) is 2.16. The minimum atomic E-state index is -0.186. The molecular weight excluding hydrogens is 321 g/mol. The van der Waals surface area contributed by atoms with Crippen LogP contribution in [0.15, 0.2) is 22.7 Å². The molecule has 0 heterocycles. The fourth-order valence-electron chi connectivity index (χ4n) is 1.34. The topological polar surface area (TPSA) is 47.6 Å². The molecule has 0 saturated carbocycles. The molecule has 1 amide bonds. The number of rotatable bonds is 7. The van der Waals surface area contributed by atoms with Crippen molar-refractivity contribution in [3.8, 4) is 5.75 Å². The molecule has 100 valence electrons. The third-order valence-corrected chi connectivity index (χ3v) is 2.81. The third kappa shape index (κ3) is 4.84. The van der Waals surface area contributed by atoms with E-state index in [-0.39, 0.29) is 5.91 Å². The van der Waals surface area contributed by atoms with E-state index in [1.54, 1.807) is 18.2 Å². The van der Waals surface area contributed by atoms with E-state index in [1.807, 2.05) is 0 Å². The summed E-state index contributed by atoms with van der Waals surface area (Å²) in [6, 6.07) is 5.25. The Bertz CT molecular complexity index is 401. The number of carbonyl (C=O) groups excluding carboxylic acids is 1. The molecule has 0 unspecified atom stereocenters. The first-order valence-corrected chi connectivity index (χ1v) is 6.77. The summed E-state index contributed by atoms with van der Waals surface area (Å²) in [6.07, 6.45) is 0. The van der Waals surface area contributed by atoms with Crippen molar-refractivity contribution >= 4 is 33.4 Å². The van der Waals surface area contributed by atoms with Crippen LogP contribution >= 0.6 is 27.5 Å². The summed E-state index contributed by atoms with van der Waals surface area (Å²) in [5.74, 6) is 0.798. The molecule has 0 aliphatic heterocycles. The monoisotopic (exact) mass is 335 g/mol. The van der Waals surface area contributed by atoms with Crippen LogP contribution in [-0.2, 0) is 4.74 Å². The quantitative estimate of drug-likeness (QED) is 0.614. The summed E-state index contributed by atoms with van der Waals surface area (Å²) < 4.78 is 11.2. The van der Waals surface area contributed by atoms with Crippen molar-refractivity contribution in [2.24, 2.45) is 0 Å². The Kier molecular flexibility index (Phi) is 7.08. The zero-order valence-electron chi connectivity index (χ0n) is 10.0. The van der Waals surface area contributed by atoms with Gasteiger partial charge in [-0.1, -0.05) is 15.9 Å². The molecule has 0 aromatic heterocycles. The van der Waals surface area contributed by atoms with E-state index in [0.29, 0.717) is 37.0 Å². The van der Waals surface area contributed by atoms with E-state index >= 15 is 0 Å². The summed E-state index contributed by atoms with van der Waals surface area (Å²) in [6.45, 7) is 1.37. The van der Waals surface area contributed by atoms with Crippen LogP contribution in [0.4, 0.5) is 0 Å². The average molecular weight is 337 g/mol. The Morgan fingerprint density at radius 3 is 2.89 bits per heavy atom. The lowest BCUT2D eigenvalue weighted by molar-refractivity contribution is 0.0920. The molecule has 1 aromatic rings. The summed E-state index contributed by atoms with van der Waals surface area (Å²) >= 11 is 8.78. The molecule has 0 aliphatic rings. The number of benzene rings is 1. The number of ether oxygens (including phenoxy) is 2. The van der Waals surface area contributed by atoms with Crippen molar-refractivity contribution in [1.29, 1.82) is 0 Å². The number of carbonyl (C=O) groups is 1.